The van der Waals surface area contributed by atoms with Crippen molar-refractivity contribution < 1.29 is 32.9 Å². The van der Waals surface area contributed by atoms with Crippen LogP contribution in [-0.4, -0.2) is 72.7 Å². The van der Waals surface area contributed by atoms with Gasteiger partial charge in [0, 0.05) is 46.8 Å². The second-order valence-corrected chi connectivity index (χ2v) is 11.9. The van der Waals surface area contributed by atoms with E-state index >= 15 is 0 Å². The number of hydrogen-bond acceptors (Lipinski definition) is 9. The molecule has 0 fully saturated rings. The summed E-state index contributed by atoms with van der Waals surface area (Å²) in [6, 6.07) is 21.1. The zero-order valence-corrected chi connectivity index (χ0v) is 26.6. The van der Waals surface area contributed by atoms with Gasteiger partial charge in [-0.2, -0.15) is 0 Å². The molecule has 0 saturated carbocycles. The van der Waals surface area contributed by atoms with Crippen LogP contribution in [0.3, 0.4) is 0 Å². The molecule has 240 valence electrons. The molecule has 0 saturated heterocycles. The number of benzene rings is 3. The van der Waals surface area contributed by atoms with Gasteiger partial charge < -0.3 is 30.0 Å². The molecule has 0 bridgehead atoms. The lowest BCUT2D eigenvalue weighted by Crippen LogP contribution is -2.41. The molecule has 0 aliphatic carbocycles. The van der Waals surface area contributed by atoms with Crippen LogP contribution in [-0.2, 0) is 16.4 Å². The summed E-state index contributed by atoms with van der Waals surface area (Å²) in [5, 5.41) is 25.1. The Hall–Kier alpha value is -3.91. The molecule has 0 aliphatic heterocycles. The van der Waals surface area contributed by atoms with Crippen molar-refractivity contribution in [3.05, 3.63) is 96.3 Å². The summed E-state index contributed by atoms with van der Waals surface area (Å²) in [6.07, 6.45) is 4.06. The van der Waals surface area contributed by atoms with E-state index in [-0.39, 0.29) is 56.2 Å². The Morgan fingerprint density at radius 1 is 1.00 bits per heavy atom. The number of H-pyrrole nitrogens is 1. The van der Waals surface area contributed by atoms with Crippen molar-refractivity contribution >= 4 is 62.6 Å². The number of aliphatic hydroxyl groups excluding tert-OH is 2. The fraction of sp³-hybridized carbons (Fsp3) is 0.226. The number of sulfonamides is 1. The molecule has 5 aromatic rings. The molecule has 2 heterocycles. The van der Waals surface area contributed by atoms with Crippen LogP contribution in [0.1, 0.15) is 15.9 Å². The van der Waals surface area contributed by atoms with E-state index in [4.69, 9.17) is 9.47 Å². The molecule has 2 atom stereocenters. The summed E-state index contributed by atoms with van der Waals surface area (Å²) in [7, 11) is -3.69. The maximum absolute atomic E-state index is 12.2. The number of aliphatic hydroxyl groups is 2. The number of fused-ring (bicyclic) bond motifs is 2. The number of nitrogens with one attached hydrogen (secondary N) is 3. The van der Waals surface area contributed by atoms with Gasteiger partial charge in [0.2, 0.25) is 10.0 Å². The summed E-state index contributed by atoms with van der Waals surface area (Å²) in [4.78, 5) is 19.6. The van der Waals surface area contributed by atoms with Crippen LogP contribution in [0.25, 0.3) is 21.8 Å². The maximum Gasteiger partial charge on any atom is 0.264 e. The number of rotatable bonds is 13. The Bertz CT molecular complexity index is 1840. The maximum atomic E-state index is 12.2. The molecule has 2 aromatic heterocycles. The first-order chi connectivity index (χ1) is 20.7. The van der Waals surface area contributed by atoms with Crippen molar-refractivity contribution in [2.24, 2.45) is 0 Å². The Balaban J connectivity index is 0.00000276. The van der Waals surface area contributed by atoms with Crippen LogP contribution in [0.5, 0.6) is 17.2 Å². The third kappa shape index (κ3) is 9.54. The first-order valence-corrected chi connectivity index (χ1v) is 15.5. The van der Waals surface area contributed by atoms with Gasteiger partial charge in [0.25, 0.3) is 5.91 Å². The molecule has 0 radical (unpaired) electrons. The molecule has 0 unspecified atom stereocenters. The molecule has 0 spiro atoms. The molecule has 0 aliphatic rings. The van der Waals surface area contributed by atoms with Gasteiger partial charge in [0.15, 0.2) is 0 Å². The minimum Gasteiger partial charge on any atom is -0.490 e. The first-order valence-electron chi connectivity index (χ1n) is 13.6. The van der Waals surface area contributed by atoms with E-state index in [1.54, 1.807) is 18.3 Å². The average Bonchev–Trinajstić information content (AvgIpc) is 3.48. The molecule has 3 aromatic carbocycles. The number of aromatic nitrogens is 2. The number of halogens is 2. The number of carbonyl (C=O) groups is 1. The van der Waals surface area contributed by atoms with Gasteiger partial charge in [-0.3, -0.25) is 9.78 Å². The topological polar surface area (TPSA) is 163 Å². The summed E-state index contributed by atoms with van der Waals surface area (Å²) in [5.41, 5.74) is 2.56. The van der Waals surface area contributed by atoms with Crippen LogP contribution in [0, 0.1) is 0 Å². The smallest absolute Gasteiger partial charge is 0.264 e. The zero-order chi connectivity index (χ0) is 30.4. The first kappa shape index (κ1) is 35.6. The molecule has 1 amide bonds. The Labute approximate surface area is 272 Å². The quantitative estimate of drug-likeness (QED) is 0.124. The highest BCUT2D eigenvalue weighted by atomic mass is 35.5. The summed E-state index contributed by atoms with van der Waals surface area (Å²) < 4.78 is 36.6. The van der Waals surface area contributed by atoms with E-state index in [0.717, 1.165) is 22.7 Å². The van der Waals surface area contributed by atoms with E-state index in [0.29, 0.717) is 34.6 Å². The van der Waals surface area contributed by atoms with Crippen LogP contribution in [0.4, 0.5) is 0 Å². The molecule has 14 heteroatoms. The fourth-order valence-corrected chi connectivity index (χ4v) is 5.07. The van der Waals surface area contributed by atoms with E-state index in [1.165, 1.54) is 12.1 Å². The lowest BCUT2D eigenvalue weighted by atomic mass is 10.1. The monoisotopic (exact) mass is 676 g/mol. The largest absolute Gasteiger partial charge is 0.490 e. The number of nitrogens with zero attached hydrogens (tertiary/aromatic N) is 1. The highest BCUT2D eigenvalue weighted by molar-refractivity contribution is 7.89. The number of pyridine rings is 1. The van der Waals surface area contributed by atoms with E-state index in [2.05, 4.69) is 15.3 Å². The lowest BCUT2D eigenvalue weighted by molar-refractivity contribution is 0.0981. The second kappa shape index (κ2) is 15.9. The molecule has 5 rings (SSSR count). The predicted octanol–water partition coefficient (Wildman–Crippen LogP) is 3.97. The number of hydrogen-bond donors (Lipinski definition) is 5. The summed E-state index contributed by atoms with van der Waals surface area (Å²) >= 11 is 0. The van der Waals surface area contributed by atoms with E-state index < -0.39 is 22.0 Å². The SMILES string of the molecule is CS(=O)(=O)NC(=O)c1ccc2c(Oc3ccc(C[C@@H](CO)NC[C@H](O)COc4cccc5[nH]ccc45)cc3)ccnc2c1.Cl.Cl. The summed E-state index contributed by atoms with van der Waals surface area (Å²) in [5.74, 6) is 1.05. The van der Waals surface area contributed by atoms with Gasteiger partial charge in [0.1, 0.15) is 30.0 Å². The van der Waals surface area contributed by atoms with Crippen LogP contribution in [0.2, 0.25) is 0 Å². The normalized spacial score (nSPS) is 12.5. The van der Waals surface area contributed by atoms with Gasteiger partial charge >= 0.3 is 0 Å². The number of ether oxygens (including phenoxy) is 2. The van der Waals surface area contributed by atoms with Crippen LogP contribution in [0.15, 0.2) is 85.2 Å². The minimum atomic E-state index is -3.69. The van der Waals surface area contributed by atoms with Gasteiger partial charge in [-0.1, -0.05) is 18.2 Å². The van der Waals surface area contributed by atoms with Crippen molar-refractivity contribution in [2.75, 3.05) is 26.0 Å². The predicted molar refractivity (Wildman–Crippen MR) is 177 cm³/mol. The Morgan fingerprint density at radius 2 is 1.78 bits per heavy atom. The highest BCUT2D eigenvalue weighted by Gasteiger charge is 2.15. The Morgan fingerprint density at radius 3 is 2.51 bits per heavy atom. The third-order valence-corrected chi connectivity index (χ3v) is 7.28. The third-order valence-electron chi connectivity index (χ3n) is 6.72. The molecular formula is C31H34Cl2N4O7S. The summed E-state index contributed by atoms with van der Waals surface area (Å²) in [6.45, 7) is 0.254. The molecule has 5 N–H and O–H groups in total. The van der Waals surface area contributed by atoms with Crippen molar-refractivity contribution in [1.29, 1.82) is 0 Å². The molecular weight excluding hydrogens is 643 g/mol. The van der Waals surface area contributed by atoms with Crippen LogP contribution < -0.4 is 19.5 Å². The van der Waals surface area contributed by atoms with Gasteiger partial charge in [-0.25, -0.2) is 13.1 Å². The average molecular weight is 678 g/mol. The fourth-order valence-electron chi connectivity index (χ4n) is 4.62. The lowest BCUT2D eigenvalue weighted by Gasteiger charge is -2.20. The molecule has 45 heavy (non-hydrogen) atoms. The van der Waals surface area contributed by atoms with Crippen molar-refractivity contribution in [1.82, 2.24) is 20.0 Å². The zero-order valence-electron chi connectivity index (χ0n) is 24.2. The second-order valence-electron chi connectivity index (χ2n) is 10.1. The van der Waals surface area contributed by atoms with Gasteiger partial charge in [-0.15, -0.1) is 24.8 Å². The van der Waals surface area contributed by atoms with Gasteiger partial charge in [-0.05, 0) is 66.6 Å². The minimum absolute atomic E-state index is 0. The number of carbonyl (C=O) groups excluding carboxylic acids is 1. The standard InChI is InChI=1S/C31H32N4O7S.2ClH/c1-43(39,40)35-31(38)21-7-10-25-28(16-21)33-14-12-30(25)42-24-8-5-20(6-9-24)15-22(18-36)34-17-23(37)19-41-29-4-2-3-27-26(29)11-13-32-27;;/h2-14,16,22-23,32,34,36-37H,15,17-19H2,1H3,(H,35,38);2*1H/t22-,23-;;/m0../s1. The van der Waals surface area contributed by atoms with Crippen LogP contribution >= 0.6 is 24.8 Å². The van der Waals surface area contributed by atoms with Gasteiger partial charge in [0.05, 0.1) is 18.4 Å². The van der Waals surface area contributed by atoms with Crippen molar-refractivity contribution in [3.63, 3.8) is 0 Å². The number of aromatic amines is 1. The van der Waals surface area contributed by atoms with E-state index in [1.807, 2.05) is 59.4 Å². The highest BCUT2D eigenvalue weighted by Crippen LogP contribution is 2.30. The van der Waals surface area contributed by atoms with Crippen molar-refractivity contribution in [2.45, 2.75) is 18.6 Å². The van der Waals surface area contributed by atoms with Crippen molar-refractivity contribution in [3.8, 4) is 17.2 Å². The van der Waals surface area contributed by atoms with E-state index in [9.17, 15) is 23.4 Å². The molecule has 11 nitrogen and oxygen atoms in total. The Kier molecular flexibility index (Phi) is 12.6. The number of amides is 1.